The second-order valence-corrected chi connectivity index (χ2v) is 7.75. The predicted molar refractivity (Wildman–Crippen MR) is 107 cm³/mol. The van der Waals surface area contributed by atoms with Gasteiger partial charge >= 0.3 is 0 Å². The van der Waals surface area contributed by atoms with Gasteiger partial charge in [-0.05, 0) is 42.5 Å². The van der Waals surface area contributed by atoms with Crippen molar-refractivity contribution in [2.75, 3.05) is 25.4 Å². The zero-order valence-electron chi connectivity index (χ0n) is 15.8. The number of benzene rings is 1. The molecule has 1 aromatic rings. The summed E-state index contributed by atoms with van der Waals surface area (Å²) in [6, 6.07) is 6.03. The van der Waals surface area contributed by atoms with Gasteiger partial charge in [-0.25, -0.2) is 0 Å². The number of thioether (sulfide) groups is 1. The lowest BCUT2D eigenvalue weighted by molar-refractivity contribution is 0.116. The van der Waals surface area contributed by atoms with Crippen LogP contribution in [0.15, 0.2) is 18.2 Å². The van der Waals surface area contributed by atoms with E-state index in [0.717, 1.165) is 23.7 Å². The summed E-state index contributed by atoms with van der Waals surface area (Å²) in [7, 11) is 0. The van der Waals surface area contributed by atoms with Crippen molar-refractivity contribution < 1.29 is 14.2 Å². The molecule has 1 aliphatic rings. The minimum atomic E-state index is 0.331. The van der Waals surface area contributed by atoms with Crippen LogP contribution in [0.3, 0.4) is 0 Å². The fraction of sp³-hybridized carbons (Fsp3) is 0.714. The van der Waals surface area contributed by atoms with E-state index in [2.05, 4.69) is 12.3 Å². The molecule has 0 N–H and O–H groups in total. The molecule has 0 unspecified atom stereocenters. The second kappa shape index (κ2) is 13.3. The topological polar surface area (TPSA) is 27.7 Å². The Labute approximate surface area is 157 Å². The average Bonchev–Trinajstić information content (AvgIpc) is 3.10. The maximum atomic E-state index is 5.77. The van der Waals surface area contributed by atoms with Crippen LogP contribution in [-0.2, 0) is 11.3 Å². The molecule has 25 heavy (non-hydrogen) atoms. The highest BCUT2D eigenvalue weighted by Crippen LogP contribution is 2.32. The van der Waals surface area contributed by atoms with Crippen molar-refractivity contribution in [1.82, 2.24) is 0 Å². The van der Waals surface area contributed by atoms with Crippen LogP contribution in [0, 0.1) is 0 Å². The first kappa shape index (κ1) is 20.4. The number of fused-ring (bicyclic) bond motifs is 1. The first-order valence-corrected chi connectivity index (χ1v) is 11.2. The van der Waals surface area contributed by atoms with Gasteiger partial charge in [-0.2, -0.15) is 11.8 Å². The Morgan fingerprint density at radius 1 is 0.840 bits per heavy atom. The van der Waals surface area contributed by atoms with E-state index in [0.29, 0.717) is 13.4 Å². The van der Waals surface area contributed by atoms with Gasteiger partial charge in [0.1, 0.15) is 0 Å². The van der Waals surface area contributed by atoms with Crippen LogP contribution in [0.2, 0.25) is 0 Å². The van der Waals surface area contributed by atoms with Crippen molar-refractivity contribution in [3.63, 3.8) is 0 Å². The van der Waals surface area contributed by atoms with Gasteiger partial charge in [0.05, 0.1) is 6.61 Å². The summed E-state index contributed by atoms with van der Waals surface area (Å²) in [5.41, 5.74) is 1.15. The summed E-state index contributed by atoms with van der Waals surface area (Å²) in [5, 5.41) is 0. The van der Waals surface area contributed by atoms with E-state index in [1.165, 1.54) is 70.0 Å². The van der Waals surface area contributed by atoms with E-state index in [-0.39, 0.29) is 0 Å². The molecule has 1 heterocycles. The van der Waals surface area contributed by atoms with Crippen LogP contribution < -0.4 is 9.47 Å². The highest BCUT2D eigenvalue weighted by atomic mass is 32.2. The SMILES string of the molecule is CSCCCCCCCCCCCCOCc1ccc2c(c1)OCO2. The molecule has 0 saturated heterocycles. The van der Waals surface area contributed by atoms with Gasteiger partial charge in [0.25, 0.3) is 0 Å². The largest absolute Gasteiger partial charge is 0.454 e. The number of hydrogen-bond acceptors (Lipinski definition) is 4. The fourth-order valence-corrected chi connectivity index (χ4v) is 3.58. The molecule has 2 rings (SSSR count). The van der Waals surface area contributed by atoms with E-state index in [1.807, 2.05) is 23.9 Å². The van der Waals surface area contributed by atoms with Gasteiger partial charge in [0.2, 0.25) is 6.79 Å². The molecule has 0 spiro atoms. The zero-order chi connectivity index (χ0) is 17.6. The Morgan fingerprint density at radius 3 is 2.20 bits per heavy atom. The second-order valence-electron chi connectivity index (χ2n) is 6.77. The lowest BCUT2D eigenvalue weighted by Crippen LogP contribution is -1.96. The Hall–Kier alpha value is -0.870. The first-order valence-electron chi connectivity index (χ1n) is 9.85. The molecular weight excluding hydrogens is 332 g/mol. The third kappa shape index (κ3) is 8.87. The van der Waals surface area contributed by atoms with Gasteiger partial charge in [-0.15, -0.1) is 0 Å². The van der Waals surface area contributed by atoms with Crippen molar-refractivity contribution >= 4 is 11.8 Å². The monoisotopic (exact) mass is 366 g/mol. The maximum absolute atomic E-state index is 5.77. The Bertz CT molecular complexity index is 464. The molecular formula is C21H34O3S. The van der Waals surface area contributed by atoms with E-state index < -0.39 is 0 Å². The number of hydrogen-bond donors (Lipinski definition) is 0. The van der Waals surface area contributed by atoms with Crippen LogP contribution in [-0.4, -0.2) is 25.4 Å². The van der Waals surface area contributed by atoms with E-state index >= 15 is 0 Å². The summed E-state index contributed by atoms with van der Waals surface area (Å²) in [6.07, 6.45) is 15.9. The van der Waals surface area contributed by atoms with Crippen molar-refractivity contribution in [3.05, 3.63) is 23.8 Å². The summed E-state index contributed by atoms with van der Waals surface area (Å²) >= 11 is 1.97. The van der Waals surface area contributed by atoms with Crippen molar-refractivity contribution in [2.45, 2.75) is 70.8 Å². The van der Waals surface area contributed by atoms with Gasteiger partial charge in [-0.1, -0.05) is 57.4 Å². The van der Waals surface area contributed by atoms with Gasteiger partial charge in [0.15, 0.2) is 11.5 Å². The van der Waals surface area contributed by atoms with Gasteiger partial charge in [0, 0.05) is 6.61 Å². The lowest BCUT2D eigenvalue weighted by atomic mass is 10.1. The molecule has 0 radical (unpaired) electrons. The van der Waals surface area contributed by atoms with Crippen LogP contribution >= 0.6 is 11.8 Å². The molecule has 142 valence electrons. The maximum Gasteiger partial charge on any atom is 0.231 e. The Balaban J connectivity index is 1.34. The average molecular weight is 367 g/mol. The van der Waals surface area contributed by atoms with Crippen molar-refractivity contribution in [2.24, 2.45) is 0 Å². The summed E-state index contributed by atoms with van der Waals surface area (Å²) in [6.45, 7) is 1.84. The van der Waals surface area contributed by atoms with Gasteiger partial charge < -0.3 is 14.2 Å². The van der Waals surface area contributed by atoms with Crippen molar-refractivity contribution in [1.29, 1.82) is 0 Å². The Morgan fingerprint density at radius 2 is 1.48 bits per heavy atom. The first-order chi connectivity index (χ1) is 12.4. The molecule has 0 atom stereocenters. The lowest BCUT2D eigenvalue weighted by Gasteiger charge is -2.06. The zero-order valence-corrected chi connectivity index (χ0v) is 16.6. The van der Waals surface area contributed by atoms with Crippen LogP contribution in [0.5, 0.6) is 11.5 Å². The fourth-order valence-electron chi connectivity index (χ4n) is 3.09. The molecule has 1 aliphatic heterocycles. The molecule has 3 nitrogen and oxygen atoms in total. The predicted octanol–water partition coefficient (Wildman–Crippen LogP) is 6.20. The van der Waals surface area contributed by atoms with Crippen molar-refractivity contribution in [3.8, 4) is 11.5 Å². The molecule has 0 aliphatic carbocycles. The molecule has 1 aromatic carbocycles. The highest BCUT2D eigenvalue weighted by molar-refractivity contribution is 7.98. The normalized spacial score (nSPS) is 12.7. The number of unbranched alkanes of at least 4 members (excludes halogenated alkanes) is 9. The molecule has 0 amide bonds. The van der Waals surface area contributed by atoms with E-state index in [9.17, 15) is 0 Å². The quantitative estimate of drug-likeness (QED) is 0.346. The molecule has 0 fully saturated rings. The molecule has 4 heteroatoms. The van der Waals surface area contributed by atoms with Crippen LogP contribution in [0.4, 0.5) is 0 Å². The Kier molecular flexibility index (Phi) is 10.9. The standard InChI is InChI=1S/C21H34O3S/c1-25-15-11-9-7-5-3-2-4-6-8-10-14-22-17-19-12-13-20-21(16-19)24-18-23-20/h12-13,16H,2-11,14-15,17-18H2,1H3. The van der Waals surface area contributed by atoms with Crippen LogP contribution in [0.25, 0.3) is 0 Å². The van der Waals surface area contributed by atoms with Gasteiger partial charge in [-0.3, -0.25) is 0 Å². The smallest absolute Gasteiger partial charge is 0.231 e. The van der Waals surface area contributed by atoms with E-state index in [1.54, 1.807) is 0 Å². The van der Waals surface area contributed by atoms with E-state index in [4.69, 9.17) is 14.2 Å². The third-order valence-electron chi connectivity index (χ3n) is 4.59. The highest BCUT2D eigenvalue weighted by Gasteiger charge is 2.12. The summed E-state index contributed by atoms with van der Waals surface area (Å²) in [5.74, 6) is 3.01. The molecule has 0 saturated carbocycles. The summed E-state index contributed by atoms with van der Waals surface area (Å²) < 4.78 is 16.5. The molecule has 0 aromatic heterocycles. The minimum absolute atomic E-state index is 0.331. The third-order valence-corrected chi connectivity index (χ3v) is 5.29. The number of rotatable bonds is 15. The number of ether oxygens (including phenoxy) is 3. The van der Waals surface area contributed by atoms with Crippen LogP contribution in [0.1, 0.15) is 69.8 Å². The summed E-state index contributed by atoms with van der Waals surface area (Å²) in [4.78, 5) is 0. The minimum Gasteiger partial charge on any atom is -0.454 e. The molecule has 0 bridgehead atoms.